The van der Waals surface area contributed by atoms with Crippen LogP contribution in [0.1, 0.15) is 15.9 Å². The number of methoxy groups -OCH3 is 1. The summed E-state index contributed by atoms with van der Waals surface area (Å²) in [7, 11) is 1.34. The first-order valence-electron chi connectivity index (χ1n) is 8.45. The average Bonchev–Trinajstić information content (AvgIpc) is 2.69. The van der Waals surface area contributed by atoms with Gasteiger partial charge < -0.3 is 25.8 Å². The topological polar surface area (TPSA) is 116 Å². The predicted molar refractivity (Wildman–Crippen MR) is 103 cm³/mol. The lowest BCUT2D eigenvalue weighted by Gasteiger charge is -2.13. The third-order valence-corrected chi connectivity index (χ3v) is 3.94. The summed E-state index contributed by atoms with van der Waals surface area (Å²) in [4.78, 5) is 26.8. The Balaban J connectivity index is 1.91. The number of amides is 2. The highest BCUT2D eigenvalue weighted by atomic mass is 35.5. The van der Waals surface area contributed by atoms with Crippen LogP contribution in [-0.2, 0) is 11.0 Å². The van der Waals surface area contributed by atoms with Crippen LogP contribution in [0.25, 0.3) is 0 Å². The molecular weight excluding hydrogens is 429 g/mol. The first-order valence-corrected chi connectivity index (χ1v) is 8.83. The van der Waals surface area contributed by atoms with Gasteiger partial charge in [0.15, 0.2) is 18.1 Å². The average molecular weight is 447 g/mol. The van der Waals surface area contributed by atoms with Crippen molar-refractivity contribution in [3.63, 3.8) is 0 Å². The highest BCUT2D eigenvalue weighted by Gasteiger charge is 2.30. The number of carbonyl (C=O) groups is 2. The fourth-order valence-electron chi connectivity index (χ4n) is 2.27. The summed E-state index contributed by atoms with van der Waals surface area (Å²) in [6, 6.07) is 4.81. The van der Waals surface area contributed by atoms with Gasteiger partial charge in [-0.3, -0.25) is 9.59 Å². The molecule has 12 heteroatoms. The van der Waals surface area contributed by atoms with E-state index in [1.165, 1.54) is 25.3 Å². The Morgan fingerprint density at radius 3 is 2.53 bits per heavy atom. The van der Waals surface area contributed by atoms with Crippen molar-refractivity contribution in [3.8, 4) is 11.5 Å². The van der Waals surface area contributed by atoms with Crippen LogP contribution in [0.2, 0.25) is 5.02 Å². The normalized spacial score (nSPS) is 11.0. The number of hydrogen-bond donors (Lipinski definition) is 3. The van der Waals surface area contributed by atoms with Crippen LogP contribution in [0, 0.1) is 0 Å². The lowest BCUT2D eigenvalue weighted by atomic mass is 10.2. The second-order valence-corrected chi connectivity index (χ2v) is 6.26. The summed E-state index contributed by atoms with van der Waals surface area (Å²) in [5.74, 6) is -0.729. The number of alkyl halides is 3. The number of benzene rings is 1. The first-order chi connectivity index (χ1) is 14.1. The van der Waals surface area contributed by atoms with Gasteiger partial charge in [0.1, 0.15) is 5.82 Å². The summed E-state index contributed by atoms with van der Waals surface area (Å²) in [6.07, 6.45) is -3.74. The molecule has 8 nitrogen and oxygen atoms in total. The van der Waals surface area contributed by atoms with Crippen LogP contribution < -0.4 is 25.8 Å². The van der Waals surface area contributed by atoms with Crippen molar-refractivity contribution in [1.82, 2.24) is 10.3 Å². The van der Waals surface area contributed by atoms with Gasteiger partial charge in [0.05, 0.1) is 17.7 Å². The van der Waals surface area contributed by atoms with Gasteiger partial charge in [0.25, 0.3) is 11.8 Å². The lowest BCUT2D eigenvalue weighted by molar-refractivity contribution is -0.137. The van der Waals surface area contributed by atoms with E-state index in [0.717, 1.165) is 12.3 Å². The third kappa shape index (κ3) is 6.41. The largest absolute Gasteiger partial charge is 0.493 e. The fourth-order valence-corrected chi connectivity index (χ4v) is 2.53. The molecule has 1 aromatic carbocycles. The molecule has 0 fully saturated rings. The van der Waals surface area contributed by atoms with E-state index in [9.17, 15) is 22.8 Å². The van der Waals surface area contributed by atoms with Crippen molar-refractivity contribution >= 4 is 29.2 Å². The van der Waals surface area contributed by atoms with Crippen LogP contribution in [0.3, 0.4) is 0 Å². The van der Waals surface area contributed by atoms with E-state index in [0.29, 0.717) is 0 Å². The fraction of sp³-hybridized carbons (Fsp3) is 0.278. The number of rotatable bonds is 9. The number of pyridine rings is 1. The van der Waals surface area contributed by atoms with Crippen LogP contribution in [0.15, 0.2) is 30.5 Å². The van der Waals surface area contributed by atoms with Crippen molar-refractivity contribution in [2.45, 2.75) is 6.18 Å². The monoisotopic (exact) mass is 446 g/mol. The van der Waals surface area contributed by atoms with Crippen LogP contribution in [-0.4, -0.2) is 43.6 Å². The molecule has 2 aromatic rings. The zero-order valence-corrected chi connectivity index (χ0v) is 16.4. The van der Waals surface area contributed by atoms with E-state index in [4.69, 9.17) is 26.8 Å². The summed E-state index contributed by atoms with van der Waals surface area (Å²) < 4.78 is 47.8. The number of primary amides is 1. The van der Waals surface area contributed by atoms with Gasteiger partial charge in [-0.25, -0.2) is 4.98 Å². The van der Waals surface area contributed by atoms with Gasteiger partial charge in [-0.2, -0.15) is 13.2 Å². The molecule has 4 N–H and O–H groups in total. The van der Waals surface area contributed by atoms with E-state index in [1.807, 2.05) is 0 Å². The summed E-state index contributed by atoms with van der Waals surface area (Å²) in [5.41, 5.74) is 4.35. The molecule has 0 saturated carbocycles. The van der Waals surface area contributed by atoms with E-state index < -0.39 is 30.2 Å². The van der Waals surface area contributed by atoms with Crippen LogP contribution >= 0.6 is 11.6 Å². The molecule has 0 saturated heterocycles. The Kier molecular flexibility index (Phi) is 7.70. The summed E-state index contributed by atoms with van der Waals surface area (Å²) in [6.45, 7) is -0.0402. The predicted octanol–water partition coefficient (Wildman–Crippen LogP) is 2.47. The van der Waals surface area contributed by atoms with E-state index in [-0.39, 0.29) is 41.0 Å². The van der Waals surface area contributed by atoms with Gasteiger partial charge in [0, 0.05) is 24.8 Å². The molecule has 30 heavy (non-hydrogen) atoms. The van der Waals surface area contributed by atoms with Gasteiger partial charge in [-0.15, -0.1) is 0 Å². The van der Waals surface area contributed by atoms with E-state index >= 15 is 0 Å². The Morgan fingerprint density at radius 1 is 1.23 bits per heavy atom. The van der Waals surface area contributed by atoms with E-state index in [2.05, 4.69) is 15.6 Å². The number of carbonyl (C=O) groups excluding carboxylic acids is 2. The van der Waals surface area contributed by atoms with Gasteiger partial charge in [-0.05, 0) is 24.3 Å². The van der Waals surface area contributed by atoms with Gasteiger partial charge in [-0.1, -0.05) is 11.6 Å². The molecule has 0 aliphatic heterocycles. The van der Waals surface area contributed by atoms with Crippen molar-refractivity contribution in [1.29, 1.82) is 0 Å². The minimum absolute atomic E-state index is 0.0489. The Labute approximate surface area is 174 Å². The van der Waals surface area contributed by atoms with Crippen LogP contribution in [0.5, 0.6) is 11.5 Å². The van der Waals surface area contributed by atoms with Gasteiger partial charge >= 0.3 is 6.18 Å². The number of nitrogens with zero attached hydrogens (tertiary/aromatic N) is 1. The Morgan fingerprint density at radius 2 is 1.97 bits per heavy atom. The Bertz CT molecular complexity index is 908. The maximum absolute atomic E-state index is 12.5. The first kappa shape index (κ1) is 23.1. The SMILES string of the molecule is COc1cc(C(=O)NCCNc2ccc(C(F)(F)F)cn2)cc(Cl)c1OCC(N)=O. The molecule has 2 rings (SSSR count). The van der Waals surface area contributed by atoms with Crippen molar-refractivity contribution < 1.29 is 32.2 Å². The maximum atomic E-state index is 12.5. The molecule has 2 amide bonds. The lowest BCUT2D eigenvalue weighted by Crippen LogP contribution is -2.29. The van der Waals surface area contributed by atoms with Crippen molar-refractivity contribution in [3.05, 3.63) is 46.6 Å². The second-order valence-electron chi connectivity index (χ2n) is 5.86. The number of anilines is 1. The highest BCUT2D eigenvalue weighted by Crippen LogP contribution is 2.36. The van der Waals surface area contributed by atoms with Gasteiger partial charge in [0.2, 0.25) is 0 Å². The number of nitrogens with two attached hydrogens (primary N) is 1. The molecule has 162 valence electrons. The number of hydrogen-bond acceptors (Lipinski definition) is 6. The standard InChI is InChI=1S/C18H18ClF3N4O4/c1-29-13-7-10(6-12(19)16(13)30-9-14(23)27)17(28)25-5-4-24-15-3-2-11(8-26-15)18(20,21)22/h2-3,6-8H,4-5,9H2,1H3,(H2,23,27)(H,24,26)(H,25,28). The number of aromatic nitrogens is 1. The molecule has 1 heterocycles. The molecule has 0 atom stereocenters. The molecule has 0 unspecified atom stereocenters. The number of nitrogens with one attached hydrogen (secondary N) is 2. The molecule has 1 aromatic heterocycles. The Hall–Kier alpha value is -3.21. The molecule has 0 aliphatic carbocycles. The molecule has 0 spiro atoms. The van der Waals surface area contributed by atoms with E-state index in [1.54, 1.807) is 0 Å². The van der Waals surface area contributed by atoms with Crippen molar-refractivity contribution in [2.75, 3.05) is 32.1 Å². The minimum Gasteiger partial charge on any atom is -0.493 e. The number of halogens is 4. The third-order valence-electron chi connectivity index (χ3n) is 3.66. The maximum Gasteiger partial charge on any atom is 0.417 e. The zero-order valence-electron chi connectivity index (χ0n) is 15.7. The highest BCUT2D eigenvalue weighted by molar-refractivity contribution is 6.32. The summed E-state index contributed by atoms with van der Waals surface area (Å²) in [5, 5.41) is 5.46. The smallest absolute Gasteiger partial charge is 0.417 e. The molecule has 0 radical (unpaired) electrons. The number of ether oxygens (including phenoxy) is 2. The molecule has 0 bridgehead atoms. The van der Waals surface area contributed by atoms with Crippen LogP contribution in [0.4, 0.5) is 19.0 Å². The quantitative estimate of drug-likeness (QED) is 0.510. The van der Waals surface area contributed by atoms with Crippen molar-refractivity contribution in [2.24, 2.45) is 5.73 Å². The molecule has 0 aliphatic rings. The second kappa shape index (κ2) is 10.0. The summed E-state index contributed by atoms with van der Waals surface area (Å²) >= 11 is 6.09. The molecular formula is C18H18ClF3N4O4. The minimum atomic E-state index is -4.46. The zero-order chi connectivity index (χ0) is 22.3.